The number of rotatable bonds is 5. The average Bonchev–Trinajstić information content (AvgIpc) is 3.15. The fourth-order valence-electron chi connectivity index (χ4n) is 2.77. The second kappa shape index (κ2) is 8.26. The fourth-order valence-corrected chi connectivity index (χ4v) is 3.39. The van der Waals surface area contributed by atoms with Crippen LogP contribution < -0.4 is 5.32 Å². The normalized spacial score (nSPS) is 17.7. The maximum atomic E-state index is 12.3. The van der Waals surface area contributed by atoms with E-state index in [0.717, 1.165) is 23.4 Å². The van der Waals surface area contributed by atoms with Gasteiger partial charge in [-0.3, -0.25) is 0 Å². The Morgan fingerprint density at radius 2 is 2.25 bits per heavy atom. The molecule has 0 spiro atoms. The highest BCUT2D eigenvalue weighted by molar-refractivity contribution is 7.09. The first-order chi connectivity index (χ1) is 11.8. The Morgan fingerprint density at radius 3 is 2.96 bits per heavy atom. The van der Waals surface area contributed by atoms with E-state index in [9.17, 15) is 4.79 Å². The molecular formula is C18H23N3O2S. The van der Waals surface area contributed by atoms with Gasteiger partial charge >= 0.3 is 6.03 Å². The summed E-state index contributed by atoms with van der Waals surface area (Å²) in [7, 11) is 0. The van der Waals surface area contributed by atoms with E-state index in [4.69, 9.17) is 4.74 Å². The highest BCUT2D eigenvalue weighted by Gasteiger charge is 2.25. The molecule has 1 fully saturated rings. The van der Waals surface area contributed by atoms with Crippen LogP contribution in [0.3, 0.4) is 0 Å². The molecule has 1 aliphatic rings. The van der Waals surface area contributed by atoms with E-state index in [-0.39, 0.29) is 12.1 Å². The van der Waals surface area contributed by atoms with Crippen molar-refractivity contribution in [3.8, 4) is 0 Å². The van der Waals surface area contributed by atoms with Gasteiger partial charge in [-0.25, -0.2) is 9.78 Å². The largest absolute Gasteiger partial charge is 0.370 e. The van der Waals surface area contributed by atoms with Gasteiger partial charge < -0.3 is 15.0 Å². The first-order valence-corrected chi connectivity index (χ1v) is 9.26. The maximum Gasteiger partial charge on any atom is 0.317 e. The van der Waals surface area contributed by atoms with E-state index in [1.807, 2.05) is 10.3 Å². The summed E-state index contributed by atoms with van der Waals surface area (Å²) in [6, 6.07) is 8.45. The fraction of sp³-hybridized carbons (Fsp3) is 0.444. The van der Waals surface area contributed by atoms with Gasteiger partial charge in [0.1, 0.15) is 6.10 Å². The second-order valence-electron chi connectivity index (χ2n) is 5.81. The van der Waals surface area contributed by atoms with Crippen LogP contribution in [0.1, 0.15) is 29.2 Å². The third-order valence-electron chi connectivity index (χ3n) is 4.21. The molecule has 2 heterocycles. The number of aromatic nitrogens is 1. The smallest absolute Gasteiger partial charge is 0.317 e. The van der Waals surface area contributed by atoms with E-state index in [1.54, 1.807) is 17.5 Å². The Bertz CT molecular complexity index is 643. The molecule has 0 unspecified atom stereocenters. The average molecular weight is 345 g/mol. The lowest BCUT2D eigenvalue weighted by Crippen LogP contribution is -2.47. The van der Waals surface area contributed by atoms with Gasteiger partial charge in [-0.15, -0.1) is 11.3 Å². The summed E-state index contributed by atoms with van der Waals surface area (Å²) in [5.41, 5.74) is 2.44. The van der Waals surface area contributed by atoms with Gasteiger partial charge in [0.2, 0.25) is 0 Å². The van der Waals surface area contributed by atoms with Crippen molar-refractivity contribution < 1.29 is 9.53 Å². The number of thiazole rings is 1. The Labute approximate surface area is 146 Å². The first-order valence-electron chi connectivity index (χ1n) is 8.38. The number of nitrogens with zero attached hydrogens (tertiary/aromatic N) is 2. The van der Waals surface area contributed by atoms with Crippen LogP contribution in [0.2, 0.25) is 0 Å². The summed E-state index contributed by atoms with van der Waals surface area (Å²) in [6.07, 6.45) is 3.54. The van der Waals surface area contributed by atoms with Gasteiger partial charge in [0.15, 0.2) is 0 Å². The zero-order valence-electron chi connectivity index (χ0n) is 13.9. The Kier molecular flexibility index (Phi) is 5.82. The quantitative estimate of drug-likeness (QED) is 0.906. The number of carbonyl (C=O) groups is 1. The van der Waals surface area contributed by atoms with E-state index < -0.39 is 0 Å². The topological polar surface area (TPSA) is 54.5 Å². The minimum absolute atomic E-state index is 0.0231. The predicted molar refractivity (Wildman–Crippen MR) is 95.3 cm³/mol. The van der Waals surface area contributed by atoms with Gasteiger partial charge in [-0.2, -0.15) is 0 Å². The zero-order chi connectivity index (χ0) is 16.8. The molecule has 1 aliphatic heterocycles. The summed E-state index contributed by atoms with van der Waals surface area (Å²) >= 11 is 1.61. The lowest BCUT2D eigenvalue weighted by molar-refractivity contribution is -0.0154. The van der Waals surface area contributed by atoms with Crippen molar-refractivity contribution in [2.24, 2.45) is 0 Å². The van der Waals surface area contributed by atoms with Crippen molar-refractivity contribution in [3.63, 3.8) is 0 Å². The molecule has 24 heavy (non-hydrogen) atoms. The van der Waals surface area contributed by atoms with E-state index in [1.165, 1.54) is 5.56 Å². The number of morpholine rings is 1. The number of amides is 2. The number of urea groups is 1. The number of hydrogen-bond acceptors (Lipinski definition) is 4. The minimum Gasteiger partial charge on any atom is -0.370 e. The van der Waals surface area contributed by atoms with Crippen LogP contribution in [0.25, 0.3) is 0 Å². The lowest BCUT2D eigenvalue weighted by Gasteiger charge is -2.33. The van der Waals surface area contributed by atoms with Crippen LogP contribution in [0.4, 0.5) is 4.79 Å². The summed E-state index contributed by atoms with van der Waals surface area (Å²) in [4.78, 5) is 18.4. The number of ether oxygens (including phenoxy) is 1. The molecule has 1 aromatic carbocycles. The van der Waals surface area contributed by atoms with Crippen LogP contribution in [-0.4, -0.2) is 42.2 Å². The van der Waals surface area contributed by atoms with Crippen molar-refractivity contribution in [1.82, 2.24) is 15.2 Å². The molecule has 6 heteroatoms. The van der Waals surface area contributed by atoms with Crippen LogP contribution >= 0.6 is 11.3 Å². The number of carbonyl (C=O) groups excluding carboxylic acids is 1. The van der Waals surface area contributed by atoms with Crippen LogP contribution in [-0.2, 0) is 17.6 Å². The third-order valence-corrected chi connectivity index (χ3v) is 5.05. The predicted octanol–water partition coefficient (Wildman–Crippen LogP) is 3.03. The van der Waals surface area contributed by atoms with Gasteiger partial charge in [0.05, 0.1) is 18.2 Å². The molecular weight excluding hydrogens is 322 g/mol. The van der Waals surface area contributed by atoms with Crippen molar-refractivity contribution in [3.05, 3.63) is 52.0 Å². The molecule has 3 rings (SSSR count). The monoisotopic (exact) mass is 345 g/mol. The first kappa shape index (κ1) is 16.9. The van der Waals surface area contributed by atoms with Crippen LogP contribution in [0.15, 0.2) is 35.8 Å². The molecule has 0 bridgehead atoms. The molecule has 1 aromatic heterocycles. The van der Waals surface area contributed by atoms with Crippen molar-refractivity contribution in [2.45, 2.75) is 25.9 Å². The lowest BCUT2D eigenvalue weighted by atomic mass is 10.0. The molecule has 5 nitrogen and oxygen atoms in total. The molecule has 128 valence electrons. The summed E-state index contributed by atoms with van der Waals surface area (Å²) in [5, 5.41) is 5.98. The van der Waals surface area contributed by atoms with Crippen molar-refractivity contribution in [1.29, 1.82) is 0 Å². The molecule has 1 N–H and O–H groups in total. The zero-order valence-corrected chi connectivity index (χ0v) is 14.7. The Hall–Kier alpha value is -1.92. The highest BCUT2D eigenvalue weighted by atomic mass is 32.1. The van der Waals surface area contributed by atoms with E-state index >= 15 is 0 Å². The number of hydrogen-bond donors (Lipinski definition) is 1. The molecule has 0 radical (unpaired) electrons. The number of benzene rings is 1. The standard InChI is InChI=1S/C18H23N3O2S/c1-2-14-3-5-15(6-4-14)16-13-21(10-11-23-16)18(22)20-8-7-17-19-9-12-24-17/h3-6,9,12,16H,2,7-8,10-11,13H2,1H3,(H,20,22)/t16-/m1/s1. The highest BCUT2D eigenvalue weighted by Crippen LogP contribution is 2.22. The number of aryl methyl sites for hydroxylation is 1. The maximum absolute atomic E-state index is 12.3. The molecule has 1 atom stereocenters. The third kappa shape index (κ3) is 4.33. The summed E-state index contributed by atoms with van der Waals surface area (Å²) in [6.45, 7) is 4.55. The van der Waals surface area contributed by atoms with Gasteiger partial charge in [-0.05, 0) is 17.5 Å². The Morgan fingerprint density at radius 1 is 1.42 bits per heavy atom. The van der Waals surface area contributed by atoms with Crippen LogP contribution in [0.5, 0.6) is 0 Å². The van der Waals surface area contributed by atoms with E-state index in [2.05, 4.69) is 41.5 Å². The molecule has 1 saturated heterocycles. The van der Waals surface area contributed by atoms with E-state index in [0.29, 0.717) is 26.2 Å². The second-order valence-corrected chi connectivity index (χ2v) is 6.79. The van der Waals surface area contributed by atoms with Gasteiger partial charge in [0.25, 0.3) is 0 Å². The summed E-state index contributed by atoms with van der Waals surface area (Å²) in [5.74, 6) is 0. The van der Waals surface area contributed by atoms with Gasteiger partial charge in [0, 0.05) is 31.1 Å². The van der Waals surface area contributed by atoms with Crippen LogP contribution in [0, 0.1) is 0 Å². The molecule has 0 aliphatic carbocycles. The molecule has 2 aromatic rings. The number of nitrogens with one attached hydrogen (secondary N) is 1. The summed E-state index contributed by atoms with van der Waals surface area (Å²) < 4.78 is 5.85. The molecule has 0 saturated carbocycles. The Balaban J connectivity index is 1.51. The molecule has 2 amide bonds. The van der Waals surface area contributed by atoms with Crippen molar-refractivity contribution >= 4 is 17.4 Å². The van der Waals surface area contributed by atoms with Gasteiger partial charge in [-0.1, -0.05) is 31.2 Å². The minimum atomic E-state index is -0.0469. The van der Waals surface area contributed by atoms with Crippen molar-refractivity contribution in [2.75, 3.05) is 26.2 Å². The SMILES string of the molecule is CCc1ccc([C@H]2CN(C(=O)NCCc3nccs3)CCO2)cc1.